The molecule has 76 valence electrons. The number of aryl methyl sites for hydroxylation is 2. The lowest BCUT2D eigenvalue weighted by Gasteiger charge is -1.92. The van der Waals surface area contributed by atoms with Gasteiger partial charge in [0, 0.05) is 12.2 Å². The molecule has 3 heteroatoms. The molecule has 0 radical (unpaired) electrons. The van der Waals surface area contributed by atoms with Crippen LogP contribution in [0.4, 0.5) is 0 Å². The Bertz CT molecular complexity index is 210. The van der Waals surface area contributed by atoms with Crippen molar-refractivity contribution in [2.75, 3.05) is 11.5 Å². The Morgan fingerprint density at radius 1 is 1.46 bits per heavy atom. The zero-order chi connectivity index (χ0) is 10.1. The molecular formula is C10H19NOS. The molecule has 1 rings (SSSR count). The van der Waals surface area contributed by atoms with Crippen LogP contribution < -0.4 is 0 Å². The molecule has 0 atom stereocenters. The second kappa shape index (κ2) is 8.17. The third-order valence-corrected chi connectivity index (χ3v) is 2.23. The van der Waals surface area contributed by atoms with Crippen molar-refractivity contribution in [2.45, 2.75) is 34.1 Å². The summed E-state index contributed by atoms with van der Waals surface area (Å²) in [6.45, 7) is 8.10. The van der Waals surface area contributed by atoms with E-state index >= 15 is 0 Å². The van der Waals surface area contributed by atoms with Gasteiger partial charge in [0.25, 0.3) is 0 Å². The van der Waals surface area contributed by atoms with Gasteiger partial charge < -0.3 is 4.42 Å². The Morgan fingerprint density at radius 3 is 2.62 bits per heavy atom. The third kappa shape index (κ3) is 5.75. The Morgan fingerprint density at radius 2 is 2.15 bits per heavy atom. The van der Waals surface area contributed by atoms with Crippen LogP contribution in [0.25, 0.3) is 0 Å². The van der Waals surface area contributed by atoms with E-state index in [9.17, 15) is 0 Å². The van der Waals surface area contributed by atoms with Gasteiger partial charge in [-0.1, -0.05) is 20.8 Å². The first kappa shape index (κ1) is 12.6. The van der Waals surface area contributed by atoms with Crippen LogP contribution in [0.5, 0.6) is 0 Å². The van der Waals surface area contributed by atoms with Crippen LogP contribution in [0.2, 0.25) is 0 Å². The van der Waals surface area contributed by atoms with Crippen LogP contribution in [-0.4, -0.2) is 16.5 Å². The highest BCUT2D eigenvalue weighted by Gasteiger charge is 1.98. The molecule has 0 fully saturated rings. The number of aromatic nitrogens is 1. The average Bonchev–Trinajstić information content (AvgIpc) is 2.56. The third-order valence-electron chi connectivity index (χ3n) is 1.33. The lowest BCUT2D eigenvalue weighted by Crippen LogP contribution is -1.88. The SMILES string of the molecule is CC.CCSCCc1nc(C)co1. The van der Waals surface area contributed by atoms with Gasteiger partial charge in [-0.05, 0) is 12.7 Å². The summed E-state index contributed by atoms with van der Waals surface area (Å²) in [6.07, 6.45) is 2.65. The van der Waals surface area contributed by atoms with Crippen molar-refractivity contribution in [3.8, 4) is 0 Å². The van der Waals surface area contributed by atoms with Gasteiger partial charge in [0.05, 0.1) is 5.69 Å². The van der Waals surface area contributed by atoms with Gasteiger partial charge in [0.1, 0.15) is 6.26 Å². The second-order valence-electron chi connectivity index (χ2n) is 2.33. The standard InChI is InChI=1S/C8H13NOS.C2H6/c1-3-11-5-4-8-9-7(2)6-10-8;1-2/h6H,3-5H2,1-2H3;1-2H3. The lowest BCUT2D eigenvalue weighted by atomic mass is 10.5. The quantitative estimate of drug-likeness (QED) is 0.699. The first-order chi connectivity index (χ1) is 6.33. The second-order valence-corrected chi connectivity index (χ2v) is 3.72. The highest BCUT2D eigenvalue weighted by Crippen LogP contribution is 2.06. The van der Waals surface area contributed by atoms with Crippen LogP contribution in [0.15, 0.2) is 10.7 Å². The van der Waals surface area contributed by atoms with E-state index in [1.54, 1.807) is 6.26 Å². The number of nitrogens with zero attached hydrogens (tertiary/aromatic N) is 1. The van der Waals surface area contributed by atoms with Gasteiger partial charge in [-0.25, -0.2) is 4.98 Å². The molecular weight excluding hydrogens is 182 g/mol. The number of hydrogen-bond donors (Lipinski definition) is 0. The number of hydrogen-bond acceptors (Lipinski definition) is 3. The highest BCUT2D eigenvalue weighted by atomic mass is 32.2. The molecule has 0 spiro atoms. The maximum atomic E-state index is 5.19. The van der Waals surface area contributed by atoms with E-state index in [0.717, 1.165) is 23.8 Å². The van der Waals surface area contributed by atoms with Crippen LogP contribution in [-0.2, 0) is 6.42 Å². The molecule has 0 N–H and O–H groups in total. The predicted molar refractivity (Wildman–Crippen MR) is 59.3 cm³/mol. The van der Waals surface area contributed by atoms with E-state index in [4.69, 9.17) is 4.42 Å². The molecule has 0 unspecified atom stereocenters. The van der Waals surface area contributed by atoms with Crippen LogP contribution >= 0.6 is 11.8 Å². The summed E-state index contributed by atoms with van der Waals surface area (Å²) in [7, 11) is 0. The van der Waals surface area contributed by atoms with Gasteiger partial charge in [0.2, 0.25) is 0 Å². The van der Waals surface area contributed by atoms with E-state index in [0.29, 0.717) is 0 Å². The van der Waals surface area contributed by atoms with E-state index in [1.807, 2.05) is 32.5 Å². The van der Waals surface area contributed by atoms with E-state index < -0.39 is 0 Å². The zero-order valence-electron chi connectivity index (χ0n) is 8.96. The first-order valence-electron chi connectivity index (χ1n) is 4.81. The minimum Gasteiger partial charge on any atom is -0.449 e. The Labute approximate surface area is 85.1 Å². The Hall–Kier alpha value is -0.440. The van der Waals surface area contributed by atoms with Gasteiger partial charge >= 0.3 is 0 Å². The fourth-order valence-electron chi connectivity index (χ4n) is 0.821. The average molecular weight is 201 g/mol. The fourth-order valence-corrected chi connectivity index (χ4v) is 1.43. The molecule has 0 aliphatic rings. The Balaban J connectivity index is 0.000000671. The lowest BCUT2D eigenvalue weighted by molar-refractivity contribution is 0.502. The molecule has 0 bridgehead atoms. The summed E-state index contributed by atoms with van der Waals surface area (Å²) >= 11 is 1.91. The summed E-state index contributed by atoms with van der Waals surface area (Å²) in [5, 5.41) is 0. The smallest absolute Gasteiger partial charge is 0.195 e. The van der Waals surface area contributed by atoms with E-state index in [2.05, 4.69) is 11.9 Å². The summed E-state index contributed by atoms with van der Waals surface area (Å²) in [5.41, 5.74) is 0.974. The van der Waals surface area contributed by atoms with Crippen LogP contribution in [0.3, 0.4) is 0 Å². The van der Waals surface area contributed by atoms with Crippen molar-refractivity contribution in [1.82, 2.24) is 4.98 Å². The van der Waals surface area contributed by atoms with Gasteiger partial charge in [-0.15, -0.1) is 0 Å². The summed E-state index contributed by atoms with van der Waals surface area (Å²) in [5.74, 6) is 3.14. The molecule has 13 heavy (non-hydrogen) atoms. The highest BCUT2D eigenvalue weighted by molar-refractivity contribution is 7.99. The summed E-state index contributed by atoms with van der Waals surface area (Å²) < 4.78 is 5.19. The van der Waals surface area contributed by atoms with Crippen molar-refractivity contribution in [3.05, 3.63) is 17.8 Å². The van der Waals surface area contributed by atoms with Crippen molar-refractivity contribution in [2.24, 2.45) is 0 Å². The van der Waals surface area contributed by atoms with Crippen molar-refractivity contribution in [1.29, 1.82) is 0 Å². The van der Waals surface area contributed by atoms with Crippen molar-refractivity contribution in [3.63, 3.8) is 0 Å². The number of thioether (sulfide) groups is 1. The van der Waals surface area contributed by atoms with E-state index in [-0.39, 0.29) is 0 Å². The molecule has 0 saturated carbocycles. The van der Waals surface area contributed by atoms with Gasteiger partial charge in [-0.3, -0.25) is 0 Å². The molecule has 0 aromatic carbocycles. The van der Waals surface area contributed by atoms with Crippen molar-refractivity contribution >= 4 is 11.8 Å². The molecule has 1 aromatic rings. The van der Waals surface area contributed by atoms with Crippen molar-refractivity contribution < 1.29 is 4.42 Å². The fraction of sp³-hybridized carbons (Fsp3) is 0.700. The summed E-state index contributed by atoms with van der Waals surface area (Å²) in [6, 6.07) is 0. The minimum absolute atomic E-state index is 0.864. The maximum absolute atomic E-state index is 5.19. The zero-order valence-corrected chi connectivity index (χ0v) is 9.78. The predicted octanol–water partition coefficient (Wildman–Crippen LogP) is 3.30. The minimum atomic E-state index is 0.864. The first-order valence-corrected chi connectivity index (χ1v) is 5.97. The molecule has 0 aliphatic carbocycles. The maximum Gasteiger partial charge on any atom is 0.195 e. The molecule has 0 saturated heterocycles. The van der Waals surface area contributed by atoms with Gasteiger partial charge in [-0.2, -0.15) is 11.8 Å². The largest absolute Gasteiger partial charge is 0.449 e. The Kier molecular flexibility index (Phi) is 7.90. The molecule has 0 amide bonds. The van der Waals surface area contributed by atoms with Gasteiger partial charge in [0.15, 0.2) is 5.89 Å². The van der Waals surface area contributed by atoms with Crippen LogP contribution in [0, 0.1) is 6.92 Å². The molecule has 2 nitrogen and oxygen atoms in total. The normalized spacial score (nSPS) is 9.23. The molecule has 0 aliphatic heterocycles. The number of oxazole rings is 1. The molecule has 1 aromatic heterocycles. The molecule has 1 heterocycles. The number of rotatable bonds is 4. The monoisotopic (exact) mass is 201 g/mol. The van der Waals surface area contributed by atoms with Crippen LogP contribution in [0.1, 0.15) is 32.4 Å². The summed E-state index contributed by atoms with van der Waals surface area (Å²) in [4.78, 5) is 4.20. The topological polar surface area (TPSA) is 26.0 Å². The van der Waals surface area contributed by atoms with E-state index in [1.165, 1.54) is 5.75 Å².